The van der Waals surface area contributed by atoms with Gasteiger partial charge in [0.2, 0.25) is 13.6 Å². The number of amides is 1. The minimum Gasteiger partial charge on any atom is -0.481 e. The van der Waals surface area contributed by atoms with Gasteiger partial charge in [-0.1, -0.05) is 24.3 Å². The van der Waals surface area contributed by atoms with Gasteiger partial charge in [-0.05, 0) is 78.4 Å². The number of allylic oxidation sites excluding steroid dienone is 1. The Morgan fingerprint density at radius 1 is 0.974 bits per heavy atom. The van der Waals surface area contributed by atoms with Gasteiger partial charge in [0.1, 0.15) is 0 Å². The Balaban J connectivity index is 1.23. The van der Waals surface area contributed by atoms with Crippen LogP contribution in [0.15, 0.2) is 71.3 Å². The maximum Gasteiger partial charge on any atom is 0.281 e. The smallest absolute Gasteiger partial charge is 0.281 e. The lowest BCUT2D eigenvalue weighted by atomic mass is 9.77. The number of carbonyl (C=O) groups is 1. The van der Waals surface area contributed by atoms with Gasteiger partial charge in [0.25, 0.3) is 5.91 Å². The summed E-state index contributed by atoms with van der Waals surface area (Å²) in [4.78, 5) is 13.5. The predicted octanol–water partition coefficient (Wildman–Crippen LogP) is 5.49. The molecule has 1 fully saturated rings. The first-order chi connectivity index (χ1) is 19.1. The first kappa shape index (κ1) is 23.6. The van der Waals surface area contributed by atoms with Crippen molar-refractivity contribution in [2.24, 2.45) is 11.0 Å². The highest BCUT2D eigenvalue weighted by atomic mass is 19.1. The van der Waals surface area contributed by atoms with E-state index >= 15 is 0 Å². The van der Waals surface area contributed by atoms with E-state index in [2.05, 4.69) is 6.08 Å². The van der Waals surface area contributed by atoms with Gasteiger partial charge in [0.15, 0.2) is 41.2 Å². The molecular formula is C30H25FN2O6. The Morgan fingerprint density at radius 2 is 1.72 bits per heavy atom. The molecule has 0 spiro atoms. The van der Waals surface area contributed by atoms with Crippen LogP contribution in [0.1, 0.15) is 36.4 Å². The molecule has 1 saturated carbocycles. The van der Waals surface area contributed by atoms with Crippen molar-refractivity contribution in [2.75, 3.05) is 20.2 Å². The number of para-hydroxylation sites is 1. The lowest BCUT2D eigenvalue weighted by Crippen LogP contribution is -2.34. The molecule has 4 aliphatic rings. The molecule has 9 heteroatoms. The zero-order chi connectivity index (χ0) is 26.3. The van der Waals surface area contributed by atoms with Gasteiger partial charge in [-0.25, -0.2) is 9.40 Å². The molecule has 1 amide bonds. The Labute approximate surface area is 224 Å². The van der Waals surface area contributed by atoms with Crippen LogP contribution in [0.25, 0.3) is 6.08 Å². The Kier molecular flexibility index (Phi) is 5.83. The number of halogens is 1. The molecule has 3 aromatic carbocycles. The van der Waals surface area contributed by atoms with E-state index < -0.39 is 5.82 Å². The van der Waals surface area contributed by atoms with Crippen molar-refractivity contribution < 1.29 is 32.9 Å². The number of hydrogen-bond donors (Lipinski definition) is 0. The van der Waals surface area contributed by atoms with Crippen molar-refractivity contribution in [1.82, 2.24) is 5.01 Å². The van der Waals surface area contributed by atoms with E-state index in [1.165, 1.54) is 17.1 Å². The van der Waals surface area contributed by atoms with Crippen molar-refractivity contribution in [1.29, 1.82) is 0 Å². The molecule has 39 heavy (non-hydrogen) atoms. The topological polar surface area (TPSA) is 78.8 Å². The van der Waals surface area contributed by atoms with Crippen molar-refractivity contribution >= 4 is 17.7 Å². The van der Waals surface area contributed by atoms with Gasteiger partial charge in [-0.2, -0.15) is 5.10 Å². The summed E-state index contributed by atoms with van der Waals surface area (Å²) in [7, 11) is 0. The second-order valence-electron chi connectivity index (χ2n) is 9.78. The fraction of sp³-hybridized carbons (Fsp3) is 0.267. The van der Waals surface area contributed by atoms with Crippen LogP contribution in [0.3, 0.4) is 0 Å². The van der Waals surface area contributed by atoms with Crippen molar-refractivity contribution in [3.63, 3.8) is 0 Å². The lowest BCUT2D eigenvalue weighted by molar-refractivity contribution is -0.135. The number of fused-ring (bicyclic) bond motifs is 3. The summed E-state index contributed by atoms with van der Waals surface area (Å²) >= 11 is 0. The molecule has 3 aliphatic heterocycles. The van der Waals surface area contributed by atoms with Gasteiger partial charge in [0, 0.05) is 5.92 Å². The Morgan fingerprint density at radius 3 is 2.54 bits per heavy atom. The fourth-order valence-electron chi connectivity index (χ4n) is 5.61. The van der Waals surface area contributed by atoms with Gasteiger partial charge >= 0.3 is 0 Å². The zero-order valence-electron chi connectivity index (χ0n) is 21.0. The van der Waals surface area contributed by atoms with Crippen LogP contribution in [0.4, 0.5) is 4.39 Å². The molecule has 0 saturated heterocycles. The molecule has 0 N–H and O–H groups in total. The van der Waals surface area contributed by atoms with Gasteiger partial charge in [0.05, 0.1) is 11.8 Å². The lowest BCUT2D eigenvalue weighted by Gasteiger charge is -2.29. The van der Waals surface area contributed by atoms with Gasteiger partial charge in [-0.3, -0.25) is 4.79 Å². The average molecular weight is 529 g/mol. The van der Waals surface area contributed by atoms with Gasteiger partial charge in [-0.15, -0.1) is 0 Å². The molecule has 1 aliphatic carbocycles. The largest absolute Gasteiger partial charge is 0.481 e. The number of hydrogen-bond acceptors (Lipinski definition) is 7. The van der Waals surface area contributed by atoms with Crippen molar-refractivity contribution in [2.45, 2.75) is 25.3 Å². The first-order valence-electron chi connectivity index (χ1n) is 12.9. The first-order valence-corrected chi connectivity index (χ1v) is 12.9. The van der Waals surface area contributed by atoms with Gasteiger partial charge < -0.3 is 23.7 Å². The number of carbonyl (C=O) groups excluding carboxylic acids is 1. The molecule has 3 heterocycles. The third-order valence-corrected chi connectivity index (χ3v) is 7.42. The molecule has 0 radical (unpaired) electrons. The molecule has 0 unspecified atom stereocenters. The molecule has 3 aromatic rings. The number of benzene rings is 3. The van der Waals surface area contributed by atoms with E-state index in [0.717, 1.165) is 47.4 Å². The summed E-state index contributed by atoms with van der Waals surface area (Å²) in [6.07, 6.45) is 4.77. The van der Waals surface area contributed by atoms with E-state index in [4.69, 9.17) is 28.8 Å². The number of nitrogens with zero attached hydrogens (tertiary/aromatic N) is 2. The summed E-state index contributed by atoms with van der Waals surface area (Å²) in [6, 6.07) is 17.2. The molecule has 7 rings (SSSR count). The maximum absolute atomic E-state index is 14.1. The summed E-state index contributed by atoms with van der Waals surface area (Å²) in [5.41, 5.74) is 3.82. The number of hydrazone groups is 1. The van der Waals surface area contributed by atoms with Crippen LogP contribution in [-0.2, 0) is 4.79 Å². The quantitative estimate of drug-likeness (QED) is 0.436. The second-order valence-corrected chi connectivity index (χ2v) is 9.78. The predicted molar refractivity (Wildman–Crippen MR) is 139 cm³/mol. The SMILES string of the molecule is O=C(COc1ccccc1F)N1N=C2/C(=C\c3ccc4c(c3)OCO4)CCC[C@H]2[C@@H]1c1ccc2c(c1)OCO2. The van der Waals surface area contributed by atoms with Crippen LogP contribution in [0.2, 0.25) is 0 Å². The highest BCUT2D eigenvalue weighted by Crippen LogP contribution is 2.46. The fourth-order valence-corrected chi connectivity index (χ4v) is 5.61. The van der Waals surface area contributed by atoms with E-state index in [-0.39, 0.29) is 43.8 Å². The van der Waals surface area contributed by atoms with Crippen LogP contribution >= 0.6 is 0 Å². The van der Waals surface area contributed by atoms with E-state index in [0.29, 0.717) is 17.2 Å². The van der Waals surface area contributed by atoms with Crippen molar-refractivity contribution in [3.8, 4) is 28.7 Å². The highest BCUT2D eigenvalue weighted by molar-refractivity contribution is 6.08. The minimum absolute atomic E-state index is 0.0169. The Bertz CT molecular complexity index is 1520. The summed E-state index contributed by atoms with van der Waals surface area (Å²) < 4.78 is 41.8. The molecule has 2 atom stereocenters. The molecule has 8 nitrogen and oxygen atoms in total. The number of rotatable bonds is 5. The summed E-state index contributed by atoms with van der Waals surface area (Å²) in [6.45, 7) is 0.0379. The van der Waals surface area contributed by atoms with E-state index in [9.17, 15) is 9.18 Å². The molecule has 0 bridgehead atoms. The maximum atomic E-state index is 14.1. The standard InChI is InChI=1S/C30H25FN2O6/c31-22-6-1-2-7-23(22)35-15-28(34)33-30(20-9-11-25-27(14-20)39-17-37-25)21-5-3-4-19(29(21)32-33)12-18-8-10-24-26(13-18)38-16-36-24/h1-2,6-14,21,30H,3-5,15-17H2/b19-12-/t21-,30+/m1/s1. The van der Waals surface area contributed by atoms with E-state index in [1.807, 2.05) is 36.4 Å². The number of ether oxygens (including phenoxy) is 5. The van der Waals surface area contributed by atoms with Crippen molar-refractivity contribution in [3.05, 3.63) is 83.2 Å². The third kappa shape index (κ3) is 4.33. The molecular weight excluding hydrogens is 503 g/mol. The highest BCUT2D eigenvalue weighted by Gasteiger charge is 2.44. The van der Waals surface area contributed by atoms with Crippen LogP contribution in [0, 0.1) is 11.7 Å². The minimum atomic E-state index is -0.520. The third-order valence-electron chi connectivity index (χ3n) is 7.42. The summed E-state index contributed by atoms with van der Waals surface area (Å²) in [5.74, 6) is 1.89. The van der Waals surface area contributed by atoms with Crippen LogP contribution < -0.4 is 23.7 Å². The van der Waals surface area contributed by atoms with Crippen LogP contribution in [0.5, 0.6) is 28.7 Å². The monoisotopic (exact) mass is 528 g/mol. The molecule has 198 valence electrons. The average Bonchev–Trinajstić information content (AvgIpc) is 3.70. The Hall–Kier alpha value is -4.53. The molecule has 0 aromatic heterocycles. The zero-order valence-corrected chi connectivity index (χ0v) is 21.0. The second kappa shape index (κ2) is 9.65. The van der Waals surface area contributed by atoms with E-state index in [1.54, 1.807) is 12.1 Å². The summed E-state index contributed by atoms with van der Waals surface area (Å²) in [5, 5.41) is 6.37. The van der Waals surface area contributed by atoms with Crippen LogP contribution in [-0.4, -0.2) is 36.8 Å². The normalized spacial score (nSPS) is 21.6.